The summed E-state index contributed by atoms with van der Waals surface area (Å²) < 4.78 is 32.5. The van der Waals surface area contributed by atoms with E-state index < -0.39 is 10.0 Å². The number of nitrogens with zero attached hydrogens (tertiary/aromatic N) is 2. The minimum absolute atomic E-state index is 0.0645. The third-order valence-corrected chi connectivity index (χ3v) is 7.64. The second-order valence-electron chi connectivity index (χ2n) is 8.25. The van der Waals surface area contributed by atoms with Gasteiger partial charge in [0.05, 0.1) is 17.9 Å². The molecule has 1 N–H and O–H groups in total. The summed E-state index contributed by atoms with van der Waals surface area (Å²) >= 11 is 0. The summed E-state index contributed by atoms with van der Waals surface area (Å²) in [6.07, 6.45) is 2.22. The van der Waals surface area contributed by atoms with Gasteiger partial charge in [-0.25, -0.2) is 8.42 Å². The molecule has 3 rings (SSSR count). The Hall–Kier alpha value is -2.42. The number of hydrogen-bond acceptors (Lipinski definition) is 5. The number of amides is 1. The Labute approximate surface area is 191 Å². The molecule has 2 aromatic rings. The average molecular weight is 460 g/mol. The van der Waals surface area contributed by atoms with Crippen LogP contribution in [0.25, 0.3) is 0 Å². The highest BCUT2D eigenvalue weighted by molar-refractivity contribution is 7.89. The minimum Gasteiger partial charge on any atom is -0.497 e. The van der Waals surface area contributed by atoms with Crippen molar-refractivity contribution in [3.63, 3.8) is 0 Å². The summed E-state index contributed by atoms with van der Waals surface area (Å²) in [6, 6.07) is 16.6. The fourth-order valence-electron chi connectivity index (χ4n) is 3.95. The molecule has 1 unspecified atom stereocenters. The lowest BCUT2D eigenvalue weighted by molar-refractivity contribution is -0.126. The molecule has 1 aliphatic heterocycles. The maximum absolute atomic E-state index is 13.0. The number of rotatable bonds is 10. The van der Waals surface area contributed by atoms with Gasteiger partial charge in [0, 0.05) is 26.2 Å². The average Bonchev–Trinajstić information content (AvgIpc) is 2.82. The zero-order chi connectivity index (χ0) is 23.0. The largest absolute Gasteiger partial charge is 0.497 e. The molecule has 0 aliphatic carbocycles. The van der Waals surface area contributed by atoms with E-state index in [0.29, 0.717) is 31.7 Å². The van der Waals surface area contributed by atoms with Crippen molar-refractivity contribution in [1.29, 1.82) is 0 Å². The molecule has 1 aliphatic rings. The Bertz CT molecular complexity index is 964. The number of carbonyl (C=O) groups excluding carboxylic acids is 1. The van der Waals surface area contributed by atoms with Crippen molar-refractivity contribution in [1.82, 2.24) is 14.5 Å². The summed E-state index contributed by atoms with van der Waals surface area (Å²) in [5.41, 5.74) is 1.26. The maximum Gasteiger partial charge on any atom is 0.243 e. The highest BCUT2D eigenvalue weighted by atomic mass is 32.2. The van der Waals surface area contributed by atoms with Gasteiger partial charge in [-0.05, 0) is 62.7 Å². The van der Waals surface area contributed by atoms with Crippen molar-refractivity contribution >= 4 is 15.9 Å². The Morgan fingerprint density at radius 2 is 1.88 bits per heavy atom. The molecule has 7 nitrogen and oxygen atoms in total. The van der Waals surface area contributed by atoms with Gasteiger partial charge in [-0.3, -0.25) is 4.79 Å². The third kappa shape index (κ3) is 6.54. The zero-order valence-electron chi connectivity index (χ0n) is 18.9. The monoisotopic (exact) mass is 459 g/mol. The van der Waals surface area contributed by atoms with E-state index in [4.69, 9.17) is 4.74 Å². The first-order chi connectivity index (χ1) is 15.4. The molecule has 1 amide bonds. The number of sulfonamides is 1. The van der Waals surface area contributed by atoms with Crippen LogP contribution in [0.15, 0.2) is 59.5 Å². The lowest BCUT2D eigenvalue weighted by Crippen LogP contribution is -2.45. The highest BCUT2D eigenvalue weighted by Crippen LogP contribution is 2.25. The topological polar surface area (TPSA) is 79.0 Å². The summed E-state index contributed by atoms with van der Waals surface area (Å²) in [5, 5.41) is 2.99. The second kappa shape index (κ2) is 11.4. The van der Waals surface area contributed by atoms with Crippen molar-refractivity contribution in [2.45, 2.75) is 30.7 Å². The number of benzene rings is 2. The Kier molecular flexibility index (Phi) is 8.67. The van der Waals surface area contributed by atoms with Crippen molar-refractivity contribution < 1.29 is 17.9 Å². The molecule has 8 heteroatoms. The van der Waals surface area contributed by atoms with Crippen LogP contribution in [0, 0.1) is 5.92 Å². The van der Waals surface area contributed by atoms with Crippen LogP contribution in [0.1, 0.15) is 24.8 Å². The van der Waals surface area contributed by atoms with Gasteiger partial charge in [-0.1, -0.05) is 30.3 Å². The number of nitrogens with one attached hydrogen (secondary N) is 1. The number of carbonyl (C=O) groups is 1. The van der Waals surface area contributed by atoms with E-state index in [9.17, 15) is 13.2 Å². The van der Waals surface area contributed by atoms with E-state index in [-0.39, 0.29) is 23.3 Å². The smallest absolute Gasteiger partial charge is 0.243 e. The predicted molar refractivity (Wildman–Crippen MR) is 125 cm³/mol. The van der Waals surface area contributed by atoms with Gasteiger partial charge in [0.1, 0.15) is 5.75 Å². The molecule has 1 saturated heterocycles. The van der Waals surface area contributed by atoms with Gasteiger partial charge in [-0.15, -0.1) is 0 Å². The van der Waals surface area contributed by atoms with Crippen molar-refractivity contribution in [2.24, 2.45) is 5.92 Å². The Morgan fingerprint density at radius 1 is 1.16 bits per heavy atom. The van der Waals surface area contributed by atoms with Crippen molar-refractivity contribution in [3.8, 4) is 5.75 Å². The number of piperidine rings is 1. The quantitative estimate of drug-likeness (QED) is 0.553. The first kappa shape index (κ1) is 24.2. The Morgan fingerprint density at radius 3 is 2.56 bits per heavy atom. The number of methoxy groups -OCH3 is 1. The molecule has 1 fully saturated rings. The third-order valence-electron chi connectivity index (χ3n) is 5.76. The first-order valence-corrected chi connectivity index (χ1v) is 12.5. The second-order valence-corrected chi connectivity index (χ2v) is 10.2. The van der Waals surface area contributed by atoms with Gasteiger partial charge in [0.25, 0.3) is 0 Å². The van der Waals surface area contributed by atoms with E-state index in [1.165, 1.54) is 9.87 Å². The van der Waals surface area contributed by atoms with Crippen molar-refractivity contribution in [2.75, 3.05) is 40.3 Å². The van der Waals surface area contributed by atoms with Crippen LogP contribution in [-0.4, -0.2) is 63.9 Å². The Balaban J connectivity index is 1.45. The van der Waals surface area contributed by atoms with Crippen LogP contribution in [-0.2, 0) is 21.4 Å². The molecule has 0 radical (unpaired) electrons. The molecular weight excluding hydrogens is 426 g/mol. The van der Waals surface area contributed by atoms with Crippen LogP contribution in [0.4, 0.5) is 0 Å². The molecule has 0 spiro atoms. The fraction of sp³-hybridized carbons (Fsp3) is 0.458. The van der Waals surface area contributed by atoms with Crippen LogP contribution in [0.3, 0.4) is 0 Å². The predicted octanol–water partition coefficient (Wildman–Crippen LogP) is 2.73. The van der Waals surface area contributed by atoms with Gasteiger partial charge < -0.3 is 15.0 Å². The van der Waals surface area contributed by atoms with E-state index >= 15 is 0 Å². The van der Waals surface area contributed by atoms with Gasteiger partial charge >= 0.3 is 0 Å². The van der Waals surface area contributed by atoms with E-state index in [1.54, 1.807) is 31.4 Å². The number of ether oxygens (including phenoxy) is 1. The number of hydrogen-bond donors (Lipinski definition) is 1. The van der Waals surface area contributed by atoms with Gasteiger partial charge in [0.15, 0.2) is 0 Å². The molecule has 0 saturated carbocycles. The van der Waals surface area contributed by atoms with E-state index in [2.05, 4.69) is 29.4 Å². The summed E-state index contributed by atoms with van der Waals surface area (Å²) in [7, 11) is -0.0208. The van der Waals surface area contributed by atoms with Gasteiger partial charge in [-0.2, -0.15) is 4.31 Å². The maximum atomic E-state index is 13.0. The SMILES string of the molecule is COc1ccc(S(=O)(=O)N2CCCC(C(=O)NCCCN(C)Cc3ccccc3)C2)cc1. The molecule has 2 aromatic carbocycles. The lowest BCUT2D eigenvalue weighted by Gasteiger charge is -2.31. The molecule has 174 valence electrons. The van der Waals surface area contributed by atoms with E-state index in [1.807, 2.05) is 18.2 Å². The standard InChI is InChI=1S/C24H33N3O4S/c1-26(18-20-8-4-3-5-9-20)16-7-15-25-24(28)21-10-6-17-27(19-21)32(29,30)23-13-11-22(31-2)12-14-23/h3-5,8-9,11-14,21H,6-7,10,15-19H2,1-2H3,(H,25,28). The fourth-order valence-corrected chi connectivity index (χ4v) is 5.47. The van der Waals surface area contributed by atoms with Crippen LogP contribution in [0.2, 0.25) is 0 Å². The molecule has 0 bridgehead atoms. The molecule has 1 heterocycles. The molecule has 0 aromatic heterocycles. The van der Waals surface area contributed by atoms with Crippen LogP contribution >= 0.6 is 0 Å². The first-order valence-electron chi connectivity index (χ1n) is 11.0. The minimum atomic E-state index is -3.63. The summed E-state index contributed by atoms with van der Waals surface area (Å²) in [5.74, 6) is 0.221. The van der Waals surface area contributed by atoms with Crippen LogP contribution in [0.5, 0.6) is 5.75 Å². The van der Waals surface area contributed by atoms with Crippen LogP contribution < -0.4 is 10.1 Å². The molecule has 32 heavy (non-hydrogen) atoms. The zero-order valence-corrected chi connectivity index (χ0v) is 19.7. The summed E-state index contributed by atoms with van der Waals surface area (Å²) in [6.45, 7) is 2.98. The molecule has 1 atom stereocenters. The van der Waals surface area contributed by atoms with Gasteiger partial charge in [0.2, 0.25) is 15.9 Å². The summed E-state index contributed by atoms with van der Waals surface area (Å²) in [4.78, 5) is 15.1. The van der Waals surface area contributed by atoms with E-state index in [0.717, 1.165) is 19.5 Å². The highest BCUT2D eigenvalue weighted by Gasteiger charge is 2.33. The van der Waals surface area contributed by atoms with Crippen molar-refractivity contribution in [3.05, 3.63) is 60.2 Å². The lowest BCUT2D eigenvalue weighted by atomic mass is 9.99. The normalized spacial score (nSPS) is 17.3. The molecular formula is C24H33N3O4S.